The van der Waals surface area contributed by atoms with E-state index in [1.54, 1.807) is 11.0 Å². The summed E-state index contributed by atoms with van der Waals surface area (Å²) < 4.78 is 22.9. The lowest BCUT2D eigenvalue weighted by Gasteiger charge is -2.28. The van der Waals surface area contributed by atoms with Crippen molar-refractivity contribution in [2.45, 2.75) is 43.2 Å². The quantitative estimate of drug-likeness (QED) is 0.719. The van der Waals surface area contributed by atoms with Gasteiger partial charge in [0, 0.05) is 31.1 Å². The van der Waals surface area contributed by atoms with Crippen molar-refractivity contribution < 1.29 is 13.2 Å². The van der Waals surface area contributed by atoms with Crippen molar-refractivity contribution in [3.63, 3.8) is 0 Å². The van der Waals surface area contributed by atoms with E-state index in [1.807, 2.05) is 13.8 Å². The molecule has 0 spiro atoms. The molecule has 2 N–H and O–H groups in total. The molecule has 0 radical (unpaired) electrons. The number of hydrogen-bond acceptors (Lipinski definition) is 7. The molecule has 1 atom stereocenters. The van der Waals surface area contributed by atoms with Gasteiger partial charge in [-0.2, -0.15) is 5.26 Å². The minimum absolute atomic E-state index is 0.0715. The molecule has 0 aliphatic carbocycles. The highest BCUT2D eigenvalue weighted by atomic mass is 32.2. The molecule has 1 amide bonds. The Labute approximate surface area is 154 Å². The second-order valence-electron chi connectivity index (χ2n) is 7.12. The van der Waals surface area contributed by atoms with Crippen LogP contribution in [0.15, 0.2) is 23.2 Å². The number of carbonyl (C=O) groups excluding carboxylic acids is 1. The normalized spacial score (nSPS) is 17.8. The first-order valence-electron chi connectivity index (χ1n) is 8.46. The number of amides is 1. The molecule has 142 valence electrons. The van der Waals surface area contributed by atoms with E-state index in [9.17, 15) is 13.2 Å². The fourth-order valence-corrected chi connectivity index (χ4v) is 3.25. The van der Waals surface area contributed by atoms with Crippen LogP contribution in [0.2, 0.25) is 0 Å². The van der Waals surface area contributed by atoms with E-state index in [4.69, 9.17) is 5.26 Å². The number of pyridine rings is 1. The van der Waals surface area contributed by atoms with Crippen molar-refractivity contribution in [3.8, 4) is 6.07 Å². The van der Waals surface area contributed by atoms with Gasteiger partial charge in [0.05, 0.1) is 17.5 Å². The molecule has 2 heterocycles. The molecule has 0 saturated carbocycles. The molecular weight excluding hydrogens is 354 g/mol. The SMILES string of the molecule is CC(C)(CNc1ccc(S(C)(=O)=O)cn1)NCC(=O)N1CCC[C@H]1C#N. The van der Waals surface area contributed by atoms with E-state index in [0.29, 0.717) is 18.9 Å². The molecule has 1 aliphatic heterocycles. The highest BCUT2D eigenvalue weighted by Gasteiger charge is 2.29. The number of anilines is 1. The van der Waals surface area contributed by atoms with Gasteiger partial charge in [-0.25, -0.2) is 13.4 Å². The zero-order chi connectivity index (χ0) is 19.4. The minimum Gasteiger partial charge on any atom is -0.368 e. The van der Waals surface area contributed by atoms with Crippen LogP contribution in [0.3, 0.4) is 0 Å². The van der Waals surface area contributed by atoms with E-state index in [0.717, 1.165) is 19.1 Å². The molecule has 0 aromatic carbocycles. The Hall–Kier alpha value is -2.18. The number of nitriles is 1. The first-order valence-corrected chi connectivity index (χ1v) is 10.4. The van der Waals surface area contributed by atoms with Crippen LogP contribution in [0, 0.1) is 11.3 Å². The summed E-state index contributed by atoms with van der Waals surface area (Å²) in [5.41, 5.74) is -0.394. The van der Waals surface area contributed by atoms with E-state index in [2.05, 4.69) is 21.7 Å². The average Bonchev–Trinajstić information content (AvgIpc) is 3.06. The van der Waals surface area contributed by atoms with Gasteiger partial charge in [-0.3, -0.25) is 4.79 Å². The van der Waals surface area contributed by atoms with E-state index >= 15 is 0 Å². The van der Waals surface area contributed by atoms with Crippen LogP contribution in [-0.2, 0) is 14.6 Å². The van der Waals surface area contributed by atoms with Gasteiger partial charge < -0.3 is 15.5 Å². The molecule has 1 aromatic rings. The van der Waals surface area contributed by atoms with Gasteiger partial charge in [0.25, 0.3) is 0 Å². The van der Waals surface area contributed by atoms with Crippen molar-refractivity contribution >= 4 is 21.6 Å². The van der Waals surface area contributed by atoms with Crippen LogP contribution in [0.5, 0.6) is 0 Å². The van der Waals surface area contributed by atoms with Crippen LogP contribution in [0.1, 0.15) is 26.7 Å². The highest BCUT2D eigenvalue weighted by molar-refractivity contribution is 7.90. The monoisotopic (exact) mass is 379 g/mol. The van der Waals surface area contributed by atoms with Crippen molar-refractivity contribution in [1.82, 2.24) is 15.2 Å². The maximum atomic E-state index is 12.3. The van der Waals surface area contributed by atoms with Crippen LogP contribution >= 0.6 is 0 Å². The van der Waals surface area contributed by atoms with E-state index < -0.39 is 15.4 Å². The summed E-state index contributed by atoms with van der Waals surface area (Å²) in [5.74, 6) is 0.487. The molecule has 0 unspecified atom stereocenters. The topological polar surface area (TPSA) is 115 Å². The van der Waals surface area contributed by atoms with Crippen molar-refractivity contribution in [2.24, 2.45) is 0 Å². The van der Waals surface area contributed by atoms with Gasteiger partial charge >= 0.3 is 0 Å². The number of nitrogens with one attached hydrogen (secondary N) is 2. The Morgan fingerprint density at radius 1 is 1.46 bits per heavy atom. The molecule has 8 nitrogen and oxygen atoms in total. The van der Waals surface area contributed by atoms with E-state index in [-0.39, 0.29) is 23.4 Å². The predicted molar refractivity (Wildman–Crippen MR) is 98.3 cm³/mol. The average molecular weight is 379 g/mol. The number of carbonyl (C=O) groups is 1. The molecule has 1 aromatic heterocycles. The van der Waals surface area contributed by atoms with Crippen molar-refractivity contribution in [3.05, 3.63) is 18.3 Å². The maximum Gasteiger partial charge on any atom is 0.237 e. The van der Waals surface area contributed by atoms with Crippen LogP contribution in [0.25, 0.3) is 0 Å². The van der Waals surface area contributed by atoms with Crippen molar-refractivity contribution in [2.75, 3.05) is 31.2 Å². The Morgan fingerprint density at radius 3 is 2.77 bits per heavy atom. The second-order valence-corrected chi connectivity index (χ2v) is 9.13. The summed E-state index contributed by atoms with van der Waals surface area (Å²) in [5, 5.41) is 15.4. The fourth-order valence-electron chi connectivity index (χ4n) is 2.69. The Morgan fingerprint density at radius 2 is 2.19 bits per heavy atom. The number of hydrogen-bond donors (Lipinski definition) is 2. The van der Waals surface area contributed by atoms with Gasteiger partial charge in [-0.05, 0) is 38.8 Å². The van der Waals surface area contributed by atoms with E-state index in [1.165, 1.54) is 12.3 Å². The van der Waals surface area contributed by atoms with Crippen LogP contribution in [0.4, 0.5) is 5.82 Å². The number of aromatic nitrogens is 1. The number of likely N-dealkylation sites (tertiary alicyclic amines) is 1. The zero-order valence-corrected chi connectivity index (χ0v) is 16.1. The van der Waals surface area contributed by atoms with Crippen LogP contribution < -0.4 is 10.6 Å². The number of sulfone groups is 1. The third-order valence-corrected chi connectivity index (χ3v) is 5.41. The molecule has 1 aliphatic rings. The van der Waals surface area contributed by atoms with Gasteiger partial charge in [-0.1, -0.05) is 0 Å². The fraction of sp³-hybridized carbons (Fsp3) is 0.588. The lowest BCUT2D eigenvalue weighted by molar-refractivity contribution is -0.130. The summed E-state index contributed by atoms with van der Waals surface area (Å²) >= 11 is 0. The predicted octanol–water partition coefficient (Wildman–Crippen LogP) is 0.780. The Bertz CT molecular complexity index is 784. The number of rotatable bonds is 7. The summed E-state index contributed by atoms with van der Waals surface area (Å²) in [6.45, 7) is 5.18. The standard InChI is InChI=1S/C17H25N5O3S/c1-17(2,21-11-16(23)22-8-4-5-13(22)9-18)12-20-15-7-6-14(10-19-15)26(3,24)25/h6-7,10,13,21H,4-5,8,11-12H2,1-3H3,(H,19,20)/t13-/m0/s1. The summed E-state index contributed by atoms with van der Waals surface area (Å²) in [7, 11) is -3.26. The largest absolute Gasteiger partial charge is 0.368 e. The zero-order valence-electron chi connectivity index (χ0n) is 15.3. The molecular formula is C17H25N5O3S. The van der Waals surface area contributed by atoms with Gasteiger partial charge in [0.2, 0.25) is 5.91 Å². The third kappa shape index (κ3) is 5.41. The highest BCUT2D eigenvalue weighted by Crippen LogP contribution is 2.16. The van der Waals surface area contributed by atoms with Crippen molar-refractivity contribution in [1.29, 1.82) is 5.26 Å². The molecule has 1 fully saturated rings. The van der Waals surface area contributed by atoms with Crippen LogP contribution in [-0.4, -0.2) is 61.7 Å². The Kier molecular flexibility index (Phi) is 6.21. The Balaban J connectivity index is 1.85. The lowest BCUT2D eigenvalue weighted by Crippen LogP contribution is -2.50. The first kappa shape index (κ1) is 20.1. The summed E-state index contributed by atoms with van der Waals surface area (Å²) in [4.78, 5) is 18.2. The lowest BCUT2D eigenvalue weighted by atomic mass is 10.1. The molecule has 2 rings (SSSR count). The second kappa shape index (κ2) is 8.01. The summed E-state index contributed by atoms with van der Waals surface area (Å²) in [6, 6.07) is 4.97. The number of nitrogens with zero attached hydrogens (tertiary/aromatic N) is 3. The first-order chi connectivity index (χ1) is 12.1. The third-order valence-electron chi connectivity index (χ3n) is 4.32. The minimum atomic E-state index is -3.26. The molecule has 1 saturated heterocycles. The maximum absolute atomic E-state index is 12.3. The van der Waals surface area contributed by atoms with Gasteiger partial charge in [0.15, 0.2) is 9.84 Å². The molecule has 0 bridgehead atoms. The molecule has 9 heteroatoms. The smallest absolute Gasteiger partial charge is 0.237 e. The van der Waals surface area contributed by atoms with Gasteiger partial charge in [-0.15, -0.1) is 0 Å². The molecule has 26 heavy (non-hydrogen) atoms. The summed E-state index contributed by atoms with van der Waals surface area (Å²) in [6.07, 6.45) is 4.06. The van der Waals surface area contributed by atoms with Gasteiger partial charge in [0.1, 0.15) is 11.9 Å².